The van der Waals surface area contributed by atoms with Crippen molar-refractivity contribution in [2.45, 2.75) is 13.0 Å². The van der Waals surface area contributed by atoms with Crippen LogP contribution in [-0.2, 0) is 9.59 Å². The lowest BCUT2D eigenvalue weighted by molar-refractivity contribution is -0.125. The highest BCUT2D eigenvalue weighted by Gasteiger charge is 2.28. The van der Waals surface area contributed by atoms with Gasteiger partial charge in [-0.3, -0.25) is 9.59 Å². The normalized spacial score (nSPS) is 15.7. The number of benzene rings is 2. The number of amides is 2. The third-order valence-electron chi connectivity index (χ3n) is 4.01. The predicted molar refractivity (Wildman–Crippen MR) is 97.1 cm³/mol. The van der Waals surface area contributed by atoms with Crippen LogP contribution in [0, 0.1) is 0 Å². The fourth-order valence-corrected chi connectivity index (χ4v) is 2.67. The molecule has 0 saturated heterocycles. The van der Waals surface area contributed by atoms with Gasteiger partial charge in [0.15, 0.2) is 24.2 Å². The molecule has 0 bridgehead atoms. The Kier molecular flexibility index (Phi) is 4.97. The molecule has 0 spiro atoms. The summed E-state index contributed by atoms with van der Waals surface area (Å²) in [5, 5.41) is 2.75. The molecule has 7 heteroatoms. The van der Waals surface area contributed by atoms with Gasteiger partial charge in [-0.15, -0.1) is 0 Å². The summed E-state index contributed by atoms with van der Waals surface area (Å²) < 4.78 is 16.3. The second-order valence-electron chi connectivity index (χ2n) is 5.83. The van der Waals surface area contributed by atoms with E-state index in [1.54, 1.807) is 55.3 Å². The van der Waals surface area contributed by atoms with E-state index in [9.17, 15) is 9.59 Å². The van der Waals surface area contributed by atoms with E-state index >= 15 is 0 Å². The van der Waals surface area contributed by atoms with Crippen LogP contribution in [0.4, 0.5) is 11.4 Å². The number of para-hydroxylation sites is 2. The molecule has 0 fully saturated rings. The Hall–Kier alpha value is -3.22. The Morgan fingerprint density at radius 2 is 1.96 bits per heavy atom. The molecule has 1 heterocycles. The van der Waals surface area contributed by atoms with E-state index in [0.717, 1.165) is 0 Å². The van der Waals surface area contributed by atoms with Crippen LogP contribution < -0.4 is 24.4 Å². The number of hydrogen-bond acceptors (Lipinski definition) is 5. The van der Waals surface area contributed by atoms with Gasteiger partial charge in [0.2, 0.25) is 0 Å². The minimum absolute atomic E-state index is 0.112. The number of carbonyl (C=O) groups excluding carboxylic acids is 2. The van der Waals surface area contributed by atoms with Crippen LogP contribution in [0.5, 0.6) is 17.2 Å². The number of nitrogens with one attached hydrogen (secondary N) is 1. The van der Waals surface area contributed by atoms with E-state index in [4.69, 9.17) is 14.2 Å². The molecule has 136 valence electrons. The van der Waals surface area contributed by atoms with Gasteiger partial charge in [-0.25, -0.2) is 0 Å². The molecule has 1 aliphatic heterocycles. The van der Waals surface area contributed by atoms with Gasteiger partial charge in [0.1, 0.15) is 5.75 Å². The summed E-state index contributed by atoms with van der Waals surface area (Å²) in [4.78, 5) is 25.6. The van der Waals surface area contributed by atoms with E-state index in [1.807, 2.05) is 6.07 Å². The topological polar surface area (TPSA) is 77.1 Å². The second-order valence-corrected chi connectivity index (χ2v) is 5.83. The van der Waals surface area contributed by atoms with Crippen LogP contribution in [0.1, 0.15) is 6.92 Å². The Labute approximate surface area is 151 Å². The molecule has 1 N–H and O–H groups in total. The van der Waals surface area contributed by atoms with Crippen molar-refractivity contribution in [3.8, 4) is 17.2 Å². The average Bonchev–Trinajstić information content (AvgIpc) is 2.64. The summed E-state index contributed by atoms with van der Waals surface area (Å²) in [5.41, 5.74) is 1.23. The molecule has 7 nitrogen and oxygen atoms in total. The van der Waals surface area contributed by atoms with E-state index < -0.39 is 6.10 Å². The van der Waals surface area contributed by atoms with Gasteiger partial charge in [-0.05, 0) is 31.2 Å². The molecule has 1 atom stereocenters. The molecule has 0 aromatic heterocycles. The highest BCUT2D eigenvalue weighted by atomic mass is 16.5. The van der Waals surface area contributed by atoms with Gasteiger partial charge in [-0.2, -0.15) is 0 Å². The number of anilines is 2. The van der Waals surface area contributed by atoms with Crippen LogP contribution in [0.2, 0.25) is 0 Å². The van der Waals surface area contributed by atoms with E-state index in [2.05, 4.69) is 5.32 Å². The van der Waals surface area contributed by atoms with Crippen molar-refractivity contribution in [3.63, 3.8) is 0 Å². The van der Waals surface area contributed by atoms with Crippen molar-refractivity contribution < 1.29 is 23.8 Å². The van der Waals surface area contributed by atoms with Crippen molar-refractivity contribution >= 4 is 23.2 Å². The Morgan fingerprint density at radius 1 is 1.23 bits per heavy atom. The summed E-state index contributed by atoms with van der Waals surface area (Å²) in [6.07, 6.45) is -0.563. The van der Waals surface area contributed by atoms with Crippen LogP contribution in [0.25, 0.3) is 0 Å². The van der Waals surface area contributed by atoms with E-state index in [0.29, 0.717) is 28.6 Å². The number of ether oxygens (including phenoxy) is 3. The molecule has 0 aliphatic carbocycles. The first kappa shape index (κ1) is 17.6. The monoisotopic (exact) mass is 356 g/mol. The summed E-state index contributed by atoms with van der Waals surface area (Å²) in [6.45, 7) is 1.53. The summed E-state index contributed by atoms with van der Waals surface area (Å²) in [6, 6.07) is 12.2. The van der Waals surface area contributed by atoms with E-state index in [-0.39, 0.29) is 18.4 Å². The fraction of sp³-hybridized carbons (Fsp3) is 0.263. The summed E-state index contributed by atoms with van der Waals surface area (Å²) >= 11 is 0. The lowest BCUT2D eigenvalue weighted by Gasteiger charge is -2.30. The Morgan fingerprint density at radius 3 is 2.69 bits per heavy atom. The molecule has 26 heavy (non-hydrogen) atoms. The fourth-order valence-electron chi connectivity index (χ4n) is 2.67. The quantitative estimate of drug-likeness (QED) is 0.890. The highest BCUT2D eigenvalue weighted by Crippen LogP contribution is 2.35. The number of nitrogens with zero attached hydrogens (tertiary/aromatic N) is 1. The third kappa shape index (κ3) is 3.56. The minimum atomic E-state index is -0.563. The number of hydrogen-bond donors (Lipinski definition) is 1. The zero-order valence-corrected chi connectivity index (χ0v) is 14.8. The highest BCUT2D eigenvalue weighted by molar-refractivity contribution is 6.00. The average molecular weight is 356 g/mol. The largest absolute Gasteiger partial charge is 0.493 e. The van der Waals surface area contributed by atoms with Crippen molar-refractivity contribution in [2.75, 3.05) is 31.0 Å². The van der Waals surface area contributed by atoms with Crippen LogP contribution in [0.3, 0.4) is 0 Å². The molecule has 2 aromatic carbocycles. The van der Waals surface area contributed by atoms with Crippen molar-refractivity contribution in [1.29, 1.82) is 0 Å². The SMILES string of the molecule is COc1ccccc1OCC(=O)Nc1ccc2c(c1)OC(C)C(=O)N2C. The molecule has 3 rings (SSSR count). The number of carbonyl (C=O) groups is 2. The first-order valence-corrected chi connectivity index (χ1v) is 8.13. The maximum atomic E-state index is 12.2. The molecule has 1 unspecified atom stereocenters. The van der Waals surface area contributed by atoms with Gasteiger partial charge in [0, 0.05) is 18.8 Å². The smallest absolute Gasteiger partial charge is 0.267 e. The minimum Gasteiger partial charge on any atom is -0.493 e. The predicted octanol–water partition coefficient (Wildman–Crippen LogP) is 2.46. The maximum Gasteiger partial charge on any atom is 0.267 e. The van der Waals surface area contributed by atoms with Crippen molar-refractivity contribution in [1.82, 2.24) is 0 Å². The number of likely N-dealkylation sites (N-methyl/N-ethyl adjacent to an activating group) is 1. The van der Waals surface area contributed by atoms with Gasteiger partial charge in [0.25, 0.3) is 11.8 Å². The number of methoxy groups -OCH3 is 1. The first-order chi connectivity index (χ1) is 12.5. The molecule has 1 aliphatic rings. The lowest BCUT2D eigenvalue weighted by Crippen LogP contribution is -2.41. The molecule has 2 amide bonds. The third-order valence-corrected chi connectivity index (χ3v) is 4.01. The van der Waals surface area contributed by atoms with Gasteiger partial charge in [-0.1, -0.05) is 12.1 Å². The second kappa shape index (κ2) is 7.35. The molecule has 0 saturated carbocycles. The first-order valence-electron chi connectivity index (χ1n) is 8.13. The molecule has 0 radical (unpaired) electrons. The van der Waals surface area contributed by atoms with E-state index in [1.165, 1.54) is 7.11 Å². The van der Waals surface area contributed by atoms with Crippen LogP contribution in [0.15, 0.2) is 42.5 Å². The van der Waals surface area contributed by atoms with Gasteiger partial charge < -0.3 is 24.4 Å². The standard InChI is InChI=1S/C19H20N2O5/c1-12-19(23)21(2)14-9-8-13(10-17(14)26-12)20-18(22)11-25-16-7-5-4-6-15(16)24-3/h4-10,12H,11H2,1-3H3,(H,20,22). The molecule has 2 aromatic rings. The zero-order valence-electron chi connectivity index (χ0n) is 14.8. The summed E-state index contributed by atoms with van der Waals surface area (Å²) in [5.74, 6) is 1.17. The lowest BCUT2D eigenvalue weighted by atomic mass is 10.2. The van der Waals surface area contributed by atoms with Crippen LogP contribution >= 0.6 is 0 Å². The van der Waals surface area contributed by atoms with Crippen LogP contribution in [-0.4, -0.2) is 38.7 Å². The molecular formula is C19H20N2O5. The Balaban J connectivity index is 1.65. The Bertz CT molecular complexity index is 836. The number of fused-ring (bicyclic) bond motifs is 1. The van der Waals surface area contributed by atoms with Crippen molar-refractivity contribution in [2.24, 2.45) is 0 Å². The van der Waals surface area contributed by atoms with Gasteiger partial charge in [0.05, 0.1) is 12.8 Å². The molecular weight excluding hydrogens is 336 g/mol. The zero-order chi connectivity index (χ0) is 18.7. The maximum absolute atomic E-state index is 12.2. The number of rotatable bonds is 5. The van der Waals surface area contributed by atoms with Gasteiger partial charge >= 0.3 is 0 Å². The van der Waals surface area contributed by atoms with Crippen molar-refractivity contribution in [3.05, 3.63) is 42.5 Å². The summed E-state index contributed by atoms with van der Waals surface area (Å²) in [7, 11) is 3.23.